The highest BCUT2D eigenvalue weighted by molar-refractivity contribution is 5.82. The summed E-state index contributed by atoms with van der Waals surface area (Å²) in [7, 11) is 1.76. The van der Waals surface area contributed by atoms with Crippen molar-refractivity contribution in [3.8, 4) is 0 Å². The van der Waals surface area contributed by atoms with Gasteiger partial charge in [0.1, 0.15) is 0 Å². The fourth-order valence-electron chi connectivity index (χ4n) is 1.79. The molecule has 7 heteroatoms. The Morgan fingerprint density at radius 1 is 1.37 bits per heavy atom. The number of nitrogens with one attached hydrogen (secondary N) is 1. The van der Waals surface area contributed by atoms with Crippen LogP contribution < -0.4 is 5.32 Å². The van der Waals surface area contributed by atoms with Gasteiger partial charge in [-0.3, -0.25) is 4.98 Å². The summed E-state index contributed by atoms with van der Waals surface area (Å²) in [4.78, 5) is 15.6. The summed E-state index contributed by atoms with van der Waals surface area (Å²) in [6.07, 6.45) is 4.24. The number of halogens is 1. The van der Waals surface area contributed by atoms with Crippen LogP contribution in [0.3, 0.4) is 0 Å². The summed E-state index contributed by atoms with van der Waals surface area (Å²) in [6, 6.07) is 3.76. The van der Waals surface area contributed by atoms with Gasteiger partial charge in [-0.25, -0.2) is 4.98 Å². The second-order valence-corrected chi connectivity index (χ2v) is 4.08. The first-order chi connectivity index (χ1) is 9.24. The van der Waals surface area contributed by atoms with Crippen molar-refractivity contribution in [3.63, 3.8) is 0 Å². The minimum Gasteiger partial charge on any atom is -0.364 e. The monoisotopic (exact) mass is 257 g/mol. The third kappa shape index (κ3) is 2.22. The Bertz CT molecular complexity index is 709. The molecule has 0 aliphatic carbocycles. The molecule has 0 saturated heterocycles. The highest BCUT2D eigenvalue weighted by Crippen LogP contribution is 2.18. The first-order valence-electron chi connectivity index (χ1n) is 5.71. The molecule has 6 nitrogen and oxygen atoms in total. The van der Waals surface area contributed by atoms with E-state index in [0.717, 1.165) is 5.56 Å². The van der Waals surface area contributed by atoms with E-state index >= 15 is 0 Å². The van der Waals surface area contributed by atoms with E-state index in [2.05, 4.69) is 25.3 Å². The average molecular weight is 257 g/mol. The molecule has 3 heterocycles. The maximum Gasteiger partial charge on any atom is 0.312 e. The molecule has 0 fully saturated rings. The number of nitrogens with zero attached hydrogens (tertiary/aromatic N) is 5. The Hall–Kier alpha value is -2.57. The lowest BCUT2D eigenvalue weighted by molar-refractivity contribution is 0.543. The van der Waals surface area contributed by atoms with Crippen LogP contribution in [0.4, 0.5) is 10.2 Å². The van der Waals surface area contributed by atoms with Crippen molar-refractivity contribution in [2.75, 3.05) is 5.32 Å². The minimum absolute atomic E-state index is 0.381. The lowest BCUT2D eigenvalue weighted by Gasteiger charge is -2.06. The number of hydrogen-bond donors (Lipinski definition) is 1. The van der Waals surface area contributed by atoms with Crippen LogP contribution in [-0.2, 0) is 13.6 Å². The molecule has 3 aromatic rings. The quantitative estimate of drug-likeness (QED) is 0.720. The molecule has 3 aromatic heterocycles. The lowest BCUT2D eigenvalue weighted by atomic mass is 10.3. The molecule has 0 unspecified atom stereocenters. The summed E-state index contributed by atoms with van der Waals surface area (Å²) in [5, 5.41) is 3.05. The number of fused-ring (bicyclic) bond motifs is 1. The average Bonchev–Trinajstić information content (AvgIpc) is 2.79. The summed E-state index contributed by atoms with van der Waals surface area (Å²) >= 11 is 0. The highest BCUT2D eigenvalue weighted by atomic mass is 19.1. The van der Waals surface area contributed by atoms with Crippen molar-refractivity contribution in [2.24, 2.45) is 7.05 Å². The van der Waals surface area contributed by atoms with Crippen LogP contribution in [0, 0.1) is 6.08 Å². The van der Waals surface area contributed by atoms with Crippen molar-refractivity contribution in [1.82, 2.24) is 24.5 Å². The van der Waals surface area contributed by atoms with Crippen molar-refractivity contribution in [3.05, 3.63) is 42.5 Å². The number of anilines is 1. The Labute approximate surface area is 108 Å². The lowest BCUT2D eigenvalue weighted by Crippen LogP contribution is -2.05. The van der Waals surface area contributed by atoms with Gasteiger partial charge in [-0.2, -0.15) is 14.4 Å². The zero-order valence-corrected chi connectivity index (χ0v) is 10.2. The van der Waals surface area contributed by atoms with Crippen molar-refractivity contribution in [1.29, 1.82) is 0 Å². The second kappa shape index (κ2) is 4.60. The topological polar surface area (TPSA) is 68.5 Å². The Balaban J connectivity index is 1.92. The Morgan fingerprint density at radius 2 is 2.26 bits per heavy atom. The van der Waals surface area contributed by atoms with E-state index in [9.17, 15) is 4.39 Å². The summed E-state index contributed by atoms with van der Waals surface area (Å²) in [5.41, 5.74) is 1.99. The van der Waals surface area contributed by atoms with E-state index in [1.54, 1.807) is 30.3 Å². The van der Waals surface area contributed by atoms with Gasteiger partial charge in [-0.05, 0) is 11.6 Å². The molecule has 0 saturated carbocycles. The van der Waals surface area contributed by atoms with E-state index in [-0.39, 0.29) is 0 Å². The van der Waals surface area contributed by atoms with Crippen molar-refractivity contribution >= 4 is 17.0 Å². The zero-order chi connectivity index (χ0) is 13.2. The van der Waals surface area contributed by atoms with E-state index in [4.69, 9.17) is 0 Å². The van der Waals surface area contributed by atoms with E-state index in [0.29, 0.717) is 23.5 Å². The third-order valence-corrected chi connectivity index (χ3v) is 2.72. The zero-order valence-electron chi connectivity index (χ0n) is 10.2. The summed E-state index contributed by atoms with van der Waals surface area (Å²) < 4.78 is 15.0. The first kappa shape index (κ1) is 11.5. The van der Waals surface area contributed by atoms with Gasteiger partial charge in [0.25, 0.3) is 0 Å². The van der Waals surface area contributed by atoms with Gasteiger partial charge < -0.3 is 9.88 Å². The summed E-state index contributed by atoms with van der Waals surface area (Å²) in [5.74, 6) is 0.381. The molecule has 0 aliphatic rings. The van der Waals surface area contributed by atoms with Crippen LogP contribution in [-0.4, -0.2) is 24.5 Å². The SMILES string of the molecule is [11CH3]n1cnc2c(NCc3cccnc3)nc(F)nc21. The number of aryl methyl sites for hydroxylation is 1. The van der Waals surface area contributed by atoms with Gasteiger partial charge in [0, 0.05) is 26.0 Å². The maximum absolute atomic E-state index is 13.4. The molecule has 0 aromatic carbocycles. The normalized spacial score (nSPS) is 10.8. The number of aromatic nitrogens is 5. The van der Waals surface area contributed by atoms with Crippen LogP contribution >= 0.6 is 0 Å². The van der Waals surface area contributed by atoms with Crippen LogP contribution in [0.5, 0.6) is 0 Å². The molecule has 1 N–H and O–H groups in total. The van der Waals surface area contributed by atoms with E-state index in [1.807, 2.05) is 12.1 Å². The predicted molar refractivity (Wildman–Crippen MR) is 67.8 cm³/mol. The van der Waals surface area contributed by atoms with Crippen molar-refractivity contribution in [2.45, 2.75) is 6.54 Å². The third-order valence-electron chi connectivity index (χ3n) is 2.72. The maximum atomic E-state index is 13.4. The number of hydrogen-bond acceptors (Lipinski definition) is 5. The molecular weight excluding hydrogens is 246 g/mol. The molecule has 0 spiro atoms. The largest absolute Gasteiger partial charge is 0.364 e. The molecular formula is C12H11FN6. The number of imidazole rings is 1. The van der Waals surface area contributed by atoms with Gasteiger partial charge in [0.05, 0.1) is 6.33 Å². The van der Waals surface area contributed by atoms with E-state index in [1.165, 1.54) is 0 Å². The summed E-state index contributed by atoms with van der Waals surface area (Å²) in [6.45, 7) is 0.496. The van der Waals surface area contributed by atoms with Gasteiger partial charge in [0.2, 0.25) is 0 Å². The predicted octanol–water partition coefficient (Wildman–Crippen LogP) is 1.51. The highest BCUT2D eigenvalue weighted by Gasteiger charge is 2.11. The molecule has 0 atom stereocenters. The standard InChI is InChI=1S/C12H11FN6/c1-19-7-16-9-10(17-12(13)18-11(9)19)15-6-8-3-2-4-14-5-8/h2-5,7H,6H2,1H3,(H,15,17,18)/i1-1. The van der Waals surface area contributed by atoms with Gasteiger partial charge in [0.15, 0.2) is 17.0 Å². The first-order valence-corrected chi connectivity index (χ1v) is 5.71. The molecule has 0 aliphatic heterocycles. The van der Waals surface area contributed by atoms with Gasteiger partial charge in [-0.15, -0.1) is 0 Å². The van der Waals surface area contributed by atoms with E-state index < -0.39 is 6.08 Å². The minimum atomic E-state index is -0.773. The number of pyridine rings is 1. The van der Waals surface area contributed by atoms with Crippen LogP contribution in [0.2, 0.25) is 0 Å². The van der Waals surface area contributed by atoms with Crippen LogP contribution in [0.25, 0.3) is 11.2 Å². The van der Waals surface area contributed by atoms with Crippen molar-refractivity contribution < 1.29 is 4.39 Å². The van der Waals surface area contributed by atoms with Gasteiger partial charge in [-0.1, -0.05) is 6.07 Å². The Morgan fingerprint density at radius 3 is 3.05 bits per heavy atom. The van der Waals surface area contributed by atoms with Crippen LogP contribution in [0.15, 0.2) is 30.9 Å². The molecule has 0 amide bonds. The Kier molecular flexibility index (Phi) is 2.79. The fraction of sp³-hybridized carbons (Fsp3) is 0.167. The molecule has 3 rings (SSSR count). The molecule has 0 bridgehead atoms. The smallest absolute Gasteiger partial charge is 0.312 e. The number of rotatable bonds is 3. The molecule has 96 valence electrons. The molecule has 19 heavy (non-hydrogen) atoms. The van der Waals surface area contributed by atoms with Gasteiger partial charge >= 0.3 is 6.08 Å². The second-order valence-electron chi connectivity index (χ2n) is 4.08. The fourth-order valence-corrected chi connectivity index (χ4v) is 1.79. The molecule has 0 radical (unpaired) electrons. The van der Waals surface area contributed by atoms with Crippen LogP contribution in [0.1, 0.15) is 5.56 Å².